The van der Waals surface area contributed by atoms with Gasteiger partial charge in [0.25, 0.3) is 0 Å². The molecule has 13 rings (SSSR count). The fraction of sp³-hybridized carbons (Fsp3) is 0.0794. The van der Waals surface area contributed by atoms with Gasteiger partial charge in [0.2, 0.25) is 0 Å². The molecule has 10 aromatic carbocycles. The summed E-state index contributed by atoms with van der Waals surface area (Å²) in [5.41, 5.74) is 21.3. The maximum absolute atomic E-state index is 6.54. The summed E-state index contributed by atoms with van der Waals surface area (Å²) < 4.78 is 6.54. The Labute approximate surface area is 379 Å². The molecule has 0 bridgehead atoms. The predicted octanol–water partition coefficient (Wildman–Crippen LogP) is 17.2. The second-order valence-electron chi connectivity index (χ2n) is 18.8. The zero-order valence-electron chi connectivity index (χ0n) is 36.6. The largest absolute Gasteiger partial charge is 0.456 e. The lowest BCUT2D eigenvalue weighted by Gasteiger charge is -2.32. The second-order valence-corrected chi connectivity index (χ2v) is 18.8. The van der Waals surface area contributed by atoms with Crippen LogP contribution in [0, 0.1) is 0 Å². The van der Waals surface area contributed by atoms with Crippen molar-refractivity contribution >= 4 is 49.8 Å². The molecule has 2 aliphatic carbocycles. The van der Waals surface area contributed by atoms with E-state index in [1.807, 2.05) is 0 Å². The van der Waals surface area contributed by atoms with Crippen LogP contribution in [0.5, 0.6) is 0 Å². The van der Waals surface area contributed by atoms with Crippen molar-refractivity contribution in [3.05, 3.63) is 246 Å². The Balaban J connectivity index is 1.07. The Kier molecular flexibility index (Phi) is 8.12. The zero-order chi connectivity index (χ0) is 43.4. The summed E-state index contributed by atoms with van der Waals surface area (Å²) in [6.45, 7) is 6.81. The van der Waals surface area contributed by atoms with Gasteiger partial charge in [-0.05, 0) is 125 Å². The topological polar surface area (TPSA) is 16.4 Å². The van der Waals surface area contributed by atoms with E-state index in [0.717, 1.165) is 50.1 Å². The highest BCUT2D eigenvalue weighted by Crippen LogP contribution is 2.63. The summed E-state index contributed by atoms with van der Waals surface area (Å²) >= 11 is 0. The molecule has 0 radical (unpaired) electrons. The fourth-order valence-electron chi connectivity index (χ4n) is 11.3. The SMILES string of the molecule is CC(C)(C)c1ccc(-c2ccc(N(c3ccc4c(c3)-c3ccccc3C43c4ccccc4-c4ccccc43)c3ccc4ccccc4c3-c3cccc4oc5ccccc5c34)cc2)cc1. The molecule has 11 aromatic rings. The summed E-state index contributed by atoms with van der Waals surface area (Å²) in [6.07, 6.45) is 0. The number of para-hydroxylation sites is 1. The minimum absolute atomic E-state index is 0.0914. The van der Waals surface area contributed by atoms with Crippen molar-refractivity contribution < 1.29 is 4.42 Å². The number of nitrogens with zero attached hydrogens (tertiary/aromatic N) is 1. The quantitative estimate of drug-likeness (QED) is 0.172. The normalized spacial score (nSPS) is 13.3. The van der Waals surface area contributed by atoms with Crippen LogP contribution in [0.25, 0.3) is 77.2 Å². The molecule has 0 N–H and O–H groups in total. The molecule has 0 atom stereocenters. The van der Waals surface area contributed by atoms with Crippen LogP contribution in [-0.4, -0.2) is 0 Å². The Morgan fingerprint density at radius 1 is 0.400 bits per heavy atom. The first-order valence-electron chi connectivity index (χ1n) is 22.8. The molecule has 2 aliphatic rings. The van der Waals surface area contributed by atoms with Gasteiger partial charge in [-0.15, -0.1) is 0 Å². The van der Waals surface area contributed by atoms with Crippen LogP contribution < -0.4 is 4.90 Å². The number of rotatable bonds is 5. The molecule has 2 nitrogen and oxygen atoms in total. The third-order valence-electron chi connectivity index (χ3n) is 14.3. The summed E-state index contributed by atoms with van der Waals surface area (Å²) in [5.74, 6) is 0. The fourth-order valence-corrected chi connectivity index (χ4v) is 11.3. The number of furan rings is 1. The standard InChI is InChI=1S/C63H45NO/c1-62(2,3)43-32-27-40(28-33-43)41-29-34-44(35-30-41)64(57-38-31-42-15-4-5-16-46(42)60(57)51-21-14-26-59-61(51)50-20-9-13-25-58(50)65-59)45-36-37-56-52(39-45)49-19-8-12-24-55(49)63(56)53-22-10-6-17-47(53)48-18-7-11-23-54(48)63/h4-39H,1-3H3. The highest BCUT2D eigenvalue weighted by molar-refractivity contribution is 6.18. The van der Waals surface area contributed by atoms with E-state index in [1.54, 1.807) is 0 Å². The van der Waals surface area contributed by atoms with Gasteiger partial charge in [0.05, 0.1) is 11.1 Å². The van der Waals surface area contributed by atoms with E-state index in [1.165, 1.54) is 72.0 Å². The lowest BCUT2D eigenvalue weighted by Crippen LogP contribution is -2.25. The van der Waals surface area contributed by atoms with Gasteiger partial charge in [-0.3, -0.25) is 0 Å². The van der Waals surface area contributed by atoms with E-state index < -0.39 is 5.41 Å². The number of fused-ring (bicyclic) bond motifs is 14. The molecule has 1 spiro atoms. The van der Waals surface area contributed by atoms with Gasteiger partial charge in [-0.25, -0.2) is 0 Å². The smallest absolute Gasteiger partial charge is 0.136 e. The van der Waals surface area contributed by atoms with Gasteiger partial charge in [0, 0.05) is 27.7 Å². The van der Waals surface area contributed by atoms with Gasteiger partial charge in [0.1, 0.15) is 11.2 Å². The number of benzene rings is 10. The number of hydrogen-bond acceptors (Lipinski definition) is 2. The predicted molar refractivity (Wildman–Crippen MR) is 272 cm³/mol. The molecule has 2 heteroatoms. The number of anilines is 3. The maximum atomic E-state index is 6.54. The van der Waals surface area contributed by atoms with E-state index in [9.17, 15) is 0 Å². The first kappa shape index (κ1) is 37.6. The molecule has 308 valence electrons. The lowest BCUT2D eigenvalue weighted by atomic mass is 9.70. The molecule has 0 amide bonds. The molecule has 65 heavy (non-hydrogen) atoms. The first-order valence-corrected chi connectivity index (χ1v) is 22.8. The van der Waals surface area contributed by atoms with E-state index >= 15 is 0 Å². The molecule has 0 fully saturated rings. The molecular formula is C63H45NO. The second kappa shape index (κ2) is 14.0. The number of hydrogen-bond donors (Lipinski definition) is 0. The zero-order valence-corrected chi connectivity index (χ0v) is 36.6. The van der Waals surface area contributed by atoms with Crippen LogP contribution in [0.4, 0.5) is 17.1 Å². The molecule has 0 saturated carbocycles. The summed E-state index contributed by atoms with van der Waals surface area (Å²) in [7, 11) is 0. The molecule has 1 heterocycles. The van der Waals surface area contributed by atoms with Crippen LogP contribution >= 0.6 is 0 Å². The first-order chi connectivity index (χ1) is 31.9. The van der Waals surface area contributed by atoms with Crippen molar-refractivity contribution in [2.75, 3.05) is 4.90 Å². The Morgan fingerprint density at radius 3 is 1.60 bits per heavy atom. The van der Waals surface area contributed by atoms with Crippen LogP contribution in [0.2, 0.25) is 0 Å². The van der Waals surface area contributed by atoms with E-state index in [-0.39, 0.29) is 5.41 Å². The van der Waals surface area contributed by atoms with Crippen molar-refractivity contribution in [1.82, 2.24) is 0 Å². The van der Waals surface area contributed by atoms with E-state index in [0.29, 0.717) is 0 Å². The van der Waals surface area contributed by atoms with Crippen LogP contribution in [0.15, 0.2) is 223 Å². The summed E-state index contributed by atoms with van der Waals surface area (Å²) in [5, 5.41) is 4.61. The van der Waals surface area contributed by atoms with Crippen LogP contribution in [0.1, 0.15) is 48.6 Å². The van der Waals surface area contributed by atoms with E-state index in [4.69, 9.17) is 4.42 Å². The van der Waals surface area contributed by atoms with Crippen molar-refractivity contribution in [3.8, 4) is 44.5 Å². The molecular weight excluding hydrogens is 787 g/mol. The highest BCUT2D eigenvalue weighted by atomic mass is 16.3. The lowest BCUT2D eigenvalue weighted by molar-refractivity contribution is 0.590. The highest BCUT2D eigenvalue weighted by Gasteiger charge is 2.51. The van der Waals surface area contributed by atoms with Crippen molar-refractivity contribution in [1.29, 1.82) is 0 Å². The van der Waals surface area contributed by atoms with Crippen molar-refractivity contribution in [2.24, 2.45) is 0 Å². The van der Waals surface area contributed by atoms with Gasteiger partial charge in [-0.2, -0.15) is 0 Å². The molecule has 0 saturated heterocycles. The minimum atomic E-state index is -0.418. The van der Waals surface area contributed by atoms with Gasteiger partial charge in [-0.1, -0.05) is 197 Å². The van der Waals surface area contributed by atoms with Gasteiger partial charge >= 0.3 is 0 Å². The molecule has 1 aromatic heterocycles. The monoisotopic (exact) mass is 831 g/mol. The summed E-state index contributed by atoms with van der Waals surface area (Å²) in [4.78, 5) is 2.49. The maximum Gasteiger partial charge on any atom is 0.136 e. The molecule has 0 unspecified atom stereocenters. The average Bonchev–Trinajstić information content (AvgIpc) is 3.98. The van der Waals surface area contributed by atoms with Crippen LogP contribution in [-0.2, 0) is 10.8 Å². The third kappa shape index (κ3) is 5.47. The third-order valence-corrected chi connectivity index (χ3v) is 14.3. The Morgan fingerprint density at radius 2 is 0.923 bits per heavy atom. The molecule has 0 aliphatic heterocycles. The summed E-state index contributed by atoms with van der Waals surface area (Å²) in [6, 6.07) is 81.0. The van der Waals surface area contributed by atoms with Crippen LogP contribution in [0.3, 0.4) is 0 Å². The van der Waals surface area contributed by atoms with Gasteiger partial charge < -0.3 is 9.32 Å². The Bertz CT molecular complexity index is 3650. The average molecular weight is 832 g/mol. The van der Waals surface area contributed by atoms with E-state index in [2.05, 4.69) is 244 Å². The van der Waals surface area contributed by atoms with Gasteiger partial charge in [0.15, 0.2) is 0 Å². The Hall–Kier alpha value is -7.94. The van der Waals surface area contributed by atoms with Crippen molar-refractivity contribution in [2.45, 2.75) is 31.6 Å². The van der Waals surface area contributed by atoms with Crippen molar-refractivity contribution in [3.63, 3.8) is 0 Å². The minimum Gasteiger partial charge on any atom is -0.456 e.